The third-order valence-corrected chi connectivity index (χ3v) is 4.28. The first-order valence-corrected chi connectivity index (χ1v) is 9.34. The molecular formula is C17H24N4O3S. The number of ether oxygens (including phenoxy) is 1. The van der Waals surface area contributed by atoms with Gasteiger partial charge in [0.25, 0.3) is 0 Å². The highest BCUT2D eigenvalue weighted by atomic mass is 32.2. The van der Waals surface area contributed by atoms with E-state index < -0.39 is 6.04 Å². The summed E-state index contributed by atoms with van der Waals surface area (Å²) in [7, 11) is 0. The third kappa shape index (κ3) is 5.67. The molecule has 0 aliphatic rings. The predicted molar refractivity (Wildman–Crippen MR) is 98.9 cm³/mol. The molecule has 0 saturated carbocycles. The van der Waals surface area contributed by atoms with Crippen molar-refractivity contribution in [3.8, 4) is 5.75 Å². The average Bonchev–Trinajstić information content (AvgIpc) is 3.00. The standard InChI is InChI=1S/C17H24N4O3S/c1-4-8-18-16(23)11(3)19-15(22)10-25-17-20-13-7-6-12(24-5-2)9-14(13)21-17/h6-7,9,11H,4-5,8,10H2,1-3H3,(H,18,23)(H,19,22)(H,20,21)/t11-/m0/s1. The molecule has 0 radical (unpaired) electrons. The zero-order chi connectivity index (χ0) is 18.2. The quantitative estimate of drug-likeness (QED) is 0.592. The zero-order valence-electron chi connectivity index (χ0n) is 14.7. The van der Waals surface area contributed by atoms with Gasteiger partial charge in [0.1, 0.15) is 11.8 Å². The van der Waals surface area contributed by atoms with Crippen LogP contribution in [0.4, 0.5) is 0 Å². The Balaban J connectivity index is 1.86. The van der Waals surface area contributed by atoms with Gasteiger partial charge in [-0.05, 0) is 32.4 Å². The molecule has 1 heterocycles. The van der Waals surface area contributed by atoms with Gasteiger partial charge in [-0.3, -0.25) is 9.59 Å². The fourth-order valence-electron chi connectivity index (χ4n) is 2.17. The minimum Gasteiger partial charge on any atom is -0.494 e. The van der Waals surface area contributed by atoms with Crippen LogP contribution in [-0.2, 0) is 9.59 Å². The summed E-state index contributed by atoms with van der Waals surface area (Å²) >= 11 is 1.29. The van der Waals surface area contributed by atoms with E-state index in [1.54, 1.807) is 6.92 Å². The van der Waals surface area contributed by atoms with Crippen molar-refractivity contribution in [2.24, 2.45) is 0 Å². The van der Waals surface area contributed by atoms with E-state index in [2.05, 4.69) is 20.6 Å². The van der Waals surface area contributed by atoms with Crippen LogP contribution in [0.3, 0.4) is 0 Å². The molecule has 0 aliphatic carbocycles. The molecule has 0 fully saturated rings. The van der Waals surface area contributed by atoms with E-state index in [4.69, 9.17) is 4.74 Å². The molecule has 25 heavy (non-hydrogen) atoms. The van der Waals surface area contributed by atoms with Crippen LogP contribution in [-0.4, -0.2) is 46.7 Å². The first kappa shape index (κ1) is 19.1. The van der Waals surface area contributed by atoms with Gasteiger partial charge in [-0.2, -0.15) is 0 Å². The predicted octanol–water partition coefficient (Wildman–Crippen LogP) is 2.08. The molecule has 2 amide bonds. The molecule has 0 unspecified atom stereocenters. The van der Waals surface area contributed by atoms with E-state index in [0.717, 1.165) is 23.2 Å². The maximum absolute atomic E-state index is 12.0. The van der Waals surface area contributed by atoms with Crippen LogP contribution in [0.15, 0.2) is 23.4 Å². The van der Waals surface area contributed by atoms with Crippen LogP contribution in [0.25, 0.3) is 11.0 Å². The maximum Gasteiger partial charge on any atom is 0.242 e. The number of fused-ring (bicyclic) bond motifs is 1. The minimum absolute atomic E-state index is 0.174. The average molecular weight is 364 g/mol. The summed E-state index contributed by atoms with van der Waals surface area (Å²) < 4.78 is 5.46. The Bertz CT molecular complexity index is 732. The summed E-state index contributed by atoms with van der Waals surface area (Å²) in [5.41, 5.74) is 1.68. The maximum atomic E-state index is 12.0. The number of nitrogens with zero attached hydrogens (tertiary/aromatic N) is 1. The van der Waals surface area contributed by atoms with Gasteiger partial charge in [-0.25, -0.2) is 4.98 Å². The van der Waals surface area contributed by atoms with Crippen molar-refractivity contribution in [1.82, 2.24) is 20.6 Å². The number of carbonyl (C=O) groups is 2. The molecule has 7 nitrogen and oxygen atoms in total. The molecule has 0 aliphatic heterocycles. The molecule has 2 rings (SSSR count). The number of benzene rings is 1. The van der Waals surface area contributed by atoms with E-state index in [0.29, 0.717) is 18.3 Å². The molecule has 0 saturated heterocycles. The van der Waals surface area contributed by atoms with Gasteiger partial charge >= 0.3 is 0 Å². The molecule has 0 spiro atoms. The van der Waals surface area contributed by atoms with E-state index in [1.807, 2.05) is 32.0 Å². The van der Waals surface area contributed by atoms with Gasteiger partial charge in [0.15, 0.2) is 5.16 Å². The van der Waals surface area contributed by atoms with E-state index in [9.17, 15) is 9.59 Å². The van der Waals surface area contributed by atoms with Crippen molar-refractivity contribution in [1.29, 1.82) is 0 Å². The minimum atomic E-state index is -0.552. The van der Waals surface area contributed by atoms with Crippen LogP contribution >= 0.6 is 11.8 Å². The van der Waals surface area contributed by atoms with Gasteiger partial charge in [0.05, 0.1) is 23.4 Å². The lowest BCUT2D eigenvalue weighted by atomic mass is 10.3. The smallest absolute Gasteiger partial charge is 0.242 e. The third-order valence-electron chi connectivity index (χ3n) is 3.40. The number of carbonyl (C=O) groups excluding carboxylic acids is 2. The normalized spacial score (nSPS) is 12.0. The van der Waals surface area contributed by atoms with E-state index in [-0.39, 0.29) is 17.6 Å². The highest BCUT2D eigenvalue weighted by Crippen LogP contribution is 2.23. The van der Waals surface area contributed by atoms with E-state index in [1.165, 1.54) is 11.8 Å². The van der Waals surface area contributed by atoms with Gasteiger partial charge in [-0.1, -0.05) is 18.7 Å². The first-order chi connectivity index (χ1) is 12.0. The number of aromatic amines is 1. The molecule has 0 bridgehead atoms. The molecule has 8 heteroatoms. The van der Waals surface area contributed by atoms with Crippen LogP contribution in [0.1, 0.15) is 27.2 Å². The van der Waals surface area contributed by atoms with Crippen LogP contribution in [0, 0.1) is 0 Å². The van der Waals surface area contributed by atoms with Crippen LogP contribution in [0.2, 0.25) is 0 Å². The van der Waals surface area contributed by atoms with Crippen LogP contribution in [0.5, 0.6) is 5.75 Å². The number of hydrogen-bond donors (Lipinski definition) is 3. The first-order valence-electron chi connectivity index (χ1n) is 8.36. The Morgan fingerprint density at radius 3 is 2.88 bits per heavy atom. The second kappa shape index (κ2) is 9.31. The summed E-state index contributed by atoms with van der Waals surface area (Å²) in [5.74, 6) is 0.579. The fourth-order valence-corrected chi connectivity index (χ4v) is 2.87. The van der Waals surface area contributed by atoms with Crippen molar-refractivity contribution >= 4 is 34.6 Å². The number of thioether (sulfide) groups is 1. The second-order valence-corrected chi connectivity index (χ2v) is 6.49. The van der Waals surface area contributed by atoms with Gasteiger partial charge in [-0.15, -0.1) is 0 Å². The number of hydrogen-bond acceptors (Lipinski definition) is 5. The topological polar surface area (TPSA) is 96.1 Å². The van der Waals surface area contributed by atoms with Gasteiger partial charge in [0.2, 0.25) is 11.8 Å². The van der Waals surface area contributed by atoms with Crippen molar-refractivity contribution in [3.05, 3.63) is 18.2 Å². The monoisotopic (exact) mass is 364 g/mol. The largest absolute Gasteiger partial charge is 0.494 e. The lowest BCUT2D eigenvalue weighted by molar-refractivity contribution is -0.127. The lowest BCUT2D eigenvalue weighted by Gasteiger charge is -2.13. The zero-order valence-corrected chi connectivity index (χ0v) is 15.5. The molecule has 2 aromatic rings. The summed E-state index contributed by atoms with van der Waals surface area (Å²) in [6.45, 7) is 6.79. The Morgan fingerprint density at radius 2 is 2.16 bits per heavy atom. The number of rotatable bonds is 9. The Hall–Kier alpha value is -2.22. The molecule has 1 aromatic carbocycles. The SMILES string of the molecule is CCCNC(=O)[C@H](C)NC(=O)CSc1nc2ccc(OCC)cc2[nH]1. The van der Waals surface area contributed by atoms with Crippen molar-refractivity contribution in [2.45, 2.75) is 38.4 Å². The van der Waals surface area contributed by atoms with Gasteiger partial charge in [0, 0.05) is 12.6 Å². The molecule has 3 N–H and O–H groups in total. The molecule has 1 atom stereocenters. The number of imidazole rings is 1. The number of nitrogens with one attached hydrogen (secondary N) is 3. The summed E-state index contributed by atoms with van der Waals surface area (Å²) in [5, 5.41) is 6.09. The van der Waals surface area contributed by atoms with Crippen molar-refractivity contribution in [2.75, 3.05) is 18.9 Å². The van der Waals surface area contributed by atoms with Gasteiger partial charge < -0.3 is 20.4 Å². The highest BCUT2D eigenvalue weighted by molar-refractivity contribution is 7.99. The Morgan fingerprint density at radius 1 is 1.36 bits per heavy atom. The van der Waals surface area contributed by atoms with Crippen molar-refractivity contribution < 1.29 is 14.3 Å². The number of H-pyrrole nitrogens is 1. The molecule has 136 valence electrons. The number of aromatic nitrogens is 2. The number of amides is 2. The molecular weight excluding hydrogens is 340 g/mol. The van der Waals surface area contributed by atoms with E-state index >= 15 is 0 Å². The second-order valence-electron chi connectivity index (χ2n) is 5.52. The molecule has 1 aromatic heterocycles. The summed E-state index contributed by atoms with van der Waals surface area (Å²) in [4.78, 5) is 31.3. The fraction of sp³-hybridized carbons (Fsp3) is 0.471. The Kier molecular flexibility index (Phi) is 7.12. The van der Waals surface area contributed by atoms with Crippen molar-refractivity contribution in [3.63, 3.8) is 0 Å². The lowest BCUT2D eigenvalue weighted by Crippen LogP contribution is -2.45. The summed E-state index contributed by atoms with van der Waals surface area (Å²) in [6, 6.07) is 5.07. The Labute approximate surface area is 151 Å². The summed E-state index contributed by atoms with van der Waals surface area (Å²) in [6.07, 6.45) is 0.860. The van der Waals surface area contributed by atoms with Crippen LogP contribution < -0.4 is 15.4 Å². The highest BCUT2D eigenvalue weighted by Gasteiger charge is 2.15.